The van der Waals surface area contributed by atoms with Crippen LogP contribution in [-0.4, -0.2) is 30.6 Å². The Labute approximate surface area is 93.2 Å². The van der Waals surface area contributed by atoms with E-state index in [1.54, 1.807) is 0 Å². The van der Waals surface area contributed by atoms with E-state index in [2.05, 4.69) is 12.2 Å². The second-order valence-corrected chi connectivity index (χ2v) is 4.41. The van der Waals surface area contributed by atoms with Crippen molar-refractivity contribution in [2.24, 2.45) is 5.92 Å². The second kappa shape index (κ2) is 6.70. The normalized spacial score (nSPS) is 22.3. The molecular formula is C12H24N2O. The lowest BCUT2D eigenvalue weighted by Crippen LogP contribution is -2.40. The summed E-state index contributed by atoms with van der Waals surface area (Å²) < 4.78 is 0. The van der Waals surface area contributed by atoms with E-state index in [0.29, 0.717) is 0 Å². The summed E-state index contributed by atoms with van der Waals surface area (Å²) in [7, 11) is 0. The van der Waals surface area contributed by atoms with Gasteiger partial charge in [-0.15, -0.1) is 0 Å². The molecule has 3 heteroatoms. The minimum atomic E-state index is 0.120. The van der Waals surface area contributed by atoms with Crippen LogP contribution < -0.4 is 5.32 Å². The summed E-state index contributed by atoms with van der Waals surface area (Å²) in [4.78, 5) is 13.6. The molecule has 0 aromatic rings. The molecule has 2 amide bonds. The molecule has 0 aromatic heterocycles. The summed E-state index contributed by atoms with van der Waals surface area (Å²) in [6.07, 6.45) is 6.24. The summed E-state index contributed by atoms with van der Waals surface area (Å²) in [6.45, 7) is 6.82. The first-order valence-corrected chi connectivity index (χ1v) is 6.30. The van der Waals surface area contributed by atoms with Crippen molar-refractivity contribution in [3.63, 3.8) is 0 Å². The number of carbonyl (C=O) groups is 1. The third-order valence-corrected chi connectivity index (χ3v) is 3.16. The Kier molecular flexibility index (Phi) is 5.51. The van der Waals surface area contributed by atoms with Crippen molar-refractivity contribution in [2.45, 2.75) is 46.0 Å². The number of amides is 2. The van der Waals surface area contributed by atoms with Crippen LogP contribution in [0.15, 0.2) is 0 Å². The highest BCUT2D eigenvalue weighted by molar-refractivity contribution is 5.74. The van der Waals surface area contributed by atoms with Gasteiger partial charge in [0.05, 0.1) is 0 Å². The predicted molar refractivity (Wildman–Crippen MR) is 62.9 cm³/mol. The molecule has 1 unspecified atom stereocenters. The Bertz CT molecular complexity index is 194. The number of hydrogen-bond donors (Lipinski definition) is 1. The monoisotopic (exact) mass is 212 g/mol. The second-order valence-electron chi connectivity index (χ2n) is 4.41. The predicted octanol–water partition coefficient (Wildman–Crippen LogP) is 2.62. The van der Waals surface area contributed by atoms with Crippen molar-refractivity contribution < 1.29 is 4.79 Å². The van der Waals surface area contributed by atoms with E-state index in [-0.39, 0.29) is 6.03 Å². The first kappa shape index (κ1) is 12.3. The van der Waals surface area contributed by atoms with Gasteiger partial charge >= 0.3 is 6.03 Å². The Hall–Kier alpha value is -0.730. The fraction of sp³-hybridized carbons (Fsp3) is 0.917. The minimum absolute atomic E-state index is 0.120. The summed E-state index contributed by atoms with van der Waals surface area (Å²) in [5, 5.41) is 2.88. The molecule has 1 heterocycles. The molecule has 3 nitrogen and oxygen atoms in total. The average Bonchev–Trinajstić information content (AvgIpc) is 2.44. The molecule has 88 valence electrons. The van der Waals surface area contributed by atoms with Crippen LogP contribution >= 0.6 is 0 Å². The number of carbonyl (C=O) groups excluding carboxylic acids is 1. The Balaban J connectivity index is 2.35. The third kappa shape index (κ3) is 4.10. The van der Waals surface area contributed by atoms with E-state index in [1.165, 1.54) is 32.1 Å². The van der Waals surface area contributed by atoms with Gasteiger partial charge in [-0.25, -0.2) is 4.79 Å². The van der Waals surface area contributed by atoms with Crippen molar-refractivity contribution in [2.75, 3.05) is 19.6 Å². The van der Waals surface area contributed by atoms with E-state index in [1.807, 2.05) is 11.8 Å². The van der Waals surface area contributed by atoms with Crippen LogP contribution in [0.2, 0.25) is 0 Å². The molecule has 1 rings (SSSR count). The summed E-state index contributed by atoms with van der Waals surface area (Å²) in [6, 6.07) is 0.120. The number of nitrogens with zero attached hydrogens (tertiary/aromatic N) is 1. The molecule has 0 radical (unpaired) electrons. The van der Waals surface area contributed by atoms with Gasteiger partial charge in [-0.2, -0.15) is 0 Å². The SMILES string of the molecule is CCCC1CCCN(C(=O)NCC)CC1. The molecule has 1 aliphatic rings. The highest BCUT2D eigenvalue weighted by Gasteiger charge is 2.19. The zero-order chi connectivity index (χ0) is 11.1. The topological polar surface area (TPSA) is 32.3 Å². The van der Waals surface area contributed by atoms with Gasteiger partial charge in [0.15, 0.2) is 0 Å². The highest BCUT2D eigenvalue weighted by Crippen LogP contribution is 2.21. The zero-order valence-electron chi connectivity index (χ0n) is 10.1. The maximum atomic E-state index is 11.6. The Morgan fingerprint density at radius 2 is 2.13 bits per heavy atom. The van der Waals surface area contributed by atoms with Gasteiger partial charge in [0.1, 0.15) is 0 Å². The Morgan fingerprint density at radius 1 is 1.33 bits per heavy atom. The minimum Gasteiger partial charge on any atom is -0.338 e. The lowest BCUT2D eigenvalue weighted by Gasteiger charge is -2.20. The van der Waals surface area contributed by atoms with E-state index >= 15 is 0 Å². The van der Waals surface area contributed by atoms with Crippen LogP contribution in [0.4, 0.5) is 4.79 Å². The summed E-state index contributed by atoms with van der Waals surface area (Å²) in [5.74, 6) is 0.842. The average molecular weight is 212 g/mol. The largest absolute Gasteiger partial charge is 0.338 e. The summed E-state index contributed by atoms with van der Waals surface area (Å²) in [5.41, 5.74) is 0. The van der Waals surface area contributed by atoms with Gasteiger partial charge in [-0.3, -0.25) is 0 Å². The maximum Gasteiger partial charge on any atom is 0.317 e. The van der Waals surface area contributed by atoms with Gasteiger partial charge in [0.2, 0.25) is 0 Å². The van der Waals surface area contributed by atoms with E-state index in [4.69, 9.17) is 0 Å². The lowest BCUT2D eigenvalue weighted by atomic mass is 9.96. The Morgan fingerprint density at radius 3 is 2.80 bits per heavy atom. The zero-order valence-corrected chi connectivity index (χ0v) is 10.1. The molecule has 1 aliphatic heterocycles. The van der Waals surface area contributed by atoms with E-state index < -0.39 is 0 Å². The standard InChI is InChI=1S/C12H24N2O/c1-3-6-11-7-5-9-14(10-8-11)12(15)13-4-2/h11H,3-10H2,1-2H3,(H,13,15). The fourth-order valence-electron chi connectivity index (χ4n) is 2.33. The molecule has 1 N–H and O–H groups in total. The molecular weight excluding hydrogens is 188 g/mol. The third-order valence-electron chi connectivity index (χ3n) is 3.16. The van der Waals surface area contributed by atoms with Crippen LogP contribution in [0.1, 0.15) is 46.0 Å². The molecule has 0 aliphatic carbocycles. The van der Waals surface area contributed by atoms with Crippen molar-refractivity contribution in [1.29, 1.82) is 0 Å². The highest BCUT2D eigenvalue weighted by atomic mass is 16.2. The van der Waals surface area contributed by atoms with E-state index in [0.717, 1.165) is 25.6 Å². The van der Waals surface area contributed by atoms with Gasteiger partial charge in [-0.1, -0.05) is 19.8 Å². The van der Waals surface area contributed by atoms with Crippen LogP contribution in [0, 0.1) is 5.92 Å². The maximum absolute atomic E-state index is 11.6. The van der Waals surface area contributed by atoms with Gasteiger partial charge in [0, 0.05) is 19.6 Å². The molecule has 1 atom stereocenters. The van der Waals surface area contributed by atoms with Crippen LogP contribution in [-0.2, 0) is 0 Å². The van der Waals surface area contributed by atoms with Crippen LogP contribution in [0.25, 0.3) is 0 Å². The molecule has 0 saturated carbocycles. The lowest BCUT2D eigenvalue weighted by molar-refractivity contribution is 0.199. The van der Waals surface area contributed by atoms with Gasteiger partial charge in [0.25, 0.3) is 0 Å². The van der Waals surface area contributed by atoms with Crippen LogP contribution in [0.5, 0.6) is 0 Å². The van der Waals surface area contributed by atoms with Crippen LogP contribution in [0.3, 0.4) is 0 Å². The van der Waals surface area contributed by atoms with Crippen molar-refractivity contribution >= 4 is 6.03 Å². The van der Waals surface area contributed by atoms with Gasteiger partial charge in [-0.05, 0) is 32.1 Å². The first-order valence-electron chi connectivity index (χ1n) is 6.30. The smallest absolute Gasteiger partial charge is 0.317 e. The summed E-state index contributed by atoms with van der Waals surface area (Å²) >= 11 is 0. The quantitative estimate of drug-likeness (QED) is 0.766. The number of likely N-dealkylation sites (tertiary alicyclic amines) is 1. The molecule has 1 saturated heterocycles. The number of hydrogen-bond acceptors (Lipinski definition) is 1. The first-order chi connectivity index (χ1) is 7.27. The van der Waals surface area contributed by atoms with Gasteiger partial charge < -0.3 is 10.2 Å². The van der Waals surface area contributed by atoms with Crippen molar-refractivity contribution in [3.05, 3.63) is 0 Å². The number of nitrogens with one attached hydrogen (secondary N) is 1. The number of urea groups is 1. The molecule has 0 bridgehead atoms. The van der Waals surface area contributed by atoms with E-state index in [9.17, 15) is 4.79 Å². The molecule has 15 heavy (non-hydrogen) atoms. The number of rotatable bonds is 3. The molecule has 0 aromatic carbocycles. The fourth-order valence-corrected chi connectivity index (χ4v) is 2.33. The van der Waals surface area contributed by atoms with Crippen molar-refractivity contribution in [3.8, 4) is 0 Å². The molecule has 0 spiro atoms. The molecule has 1 fully saturated rings. The van der Waals surface area contributed by atoms with Crippen molar-refractivity contribution in [1.82, 2.24) is 10.2 Å².